The molecular weight excluding hydrogens is 372 g/mol. The monoisotopic (exact) mass is 392 g/mol. The van der Waals surface area contributed by atoms with Gasteiger partial charge in [-0.25, -0.2) is 0 Å². The van der Waals surface area contributed by atoms with Crippen LogP contribution in [0, 0.1) is 24.0 Å². The summed E-state index contributed by atoms with van der Waals surface area (Å²) in [6, 6.07) is 12.0. The highest BCUT2D eigenvalue weighted by Crippen LogP contribution is 2.21. The van der Waals surface area contributed by atoms with E-state index in [1.165, 1.54) is 23.1 Å². The van der Waals surface area contributed by atoms with E-state index < -0.39 is 4.92 Å². The van der Waals surface area contributed by atoms with Crippen molar-refractivity contribution in [3.63, 3.8) is 0 Å². The Morgan fingerprint density at radius 2 is 1.97 bits per heavy atom. The number of nitro benzene ring substituents is 1. The number of rotatable bonds is 7. The number of aromatic nitrogens is 2. The van der Waals surface area contributed by atoms with Gasteiger partial charge in [-0.3, -0.25) is 14.9 Å². The Morgan fingerprint density at radius 3 is 2.59 bits per heavy atom. The second-order valence-electron chi connectivity index (χ2n) is 6.61. The summed E-state index contributed by atoms with van der Waals surface area (Å²) in [6.45, 7) is 7.63. The van der Waals surface area contributed by atoms with E-state index in [1.54, 1.807) is 13.0 Å². The number of carbonyl (C=O) groups is 1. The average molecular weight is 392 g/mol. The third-order valence-electron chi connectivity index (χ3n) is 4.38. The van der Waals surface area contributed by atoms with E-state index in [4.69, 9.17) is 4.52 Å². The molecule has 0 fully saturated rings. The van der Waals surface area contributed by atoms with Gasteiger partial charge in [0.2, 0.25) is 11.7 Å². The Labute approximate surface area is 167 Å². The van der Waals surface area contributed by atoms with Gasteiger partial charge >= 0.3 is 0 Å². The van der Waals surface area contributed by atoms with E-state index >= 15 is 0 Å². The summed E-state index contributed by atoms with van der Waals surface area (Å²) in [4.78, 5) is 29.3. The van der Waals surface area contributed by atoms with Crippen LogP contribution in [0.25, 0.3) is 11.4 Å². The van der Waals surface area contributed by atoms with Crippen LogP contribution >= 0.6 is 0 Å². The molecule has 1 aromatic heterocycles. The molecule has 0 spiro atoms. The number of aryl methyl sites for hydroxylation is 2. The lowest BCUT2D eigenvalue weighted by molar-refractivity contribution is -0.385. The lowest BCUT2D eigenvalue weighted by atomic mass is 10.1. The highest BCUT2D eigenvalue weighted by molar-refractivity contribution is 5.94. The Kier molecular flexibility index (Phi) is 5.82. The minimum absolute atomic E-state index is 0.0311. The summed E-state index contributed by atoms with van der Waals surface area (Å²) >= 11 is 0. The molecule has 1 heterocycles. The summed E-state index contributed by atoms with van der Waals surface area (Å²) in [6.07, 6.45) is 1.59. The molecule has 2 aromatic carbocycles. The largest absolute Gasteiger partial charge is 0.337 e. The lowest BCUT2D eigenvalue weighted by Gasteiger charge is -2.19. The normalized spacial score (nSPS) is 10.6. The fraction of sp³-hybridized carbons (Fsp3) is 0.190. The summed E-state index contributed by atoms with van der Waals surface area (Å²) in [5.41, 5.74) is 2.67. The molecule has 0 saturated carbocycles. The maximum Gasteiger partial charge on any atom is 0.272 e. The van der Waals surface area contributed by atoms with Gasteiger partial charge in [-0.15, -0.1) is 6.58 Å². The predicted octanol–water partition coefficient (Wildman–Crippen LogP) is 4.09. The molecule has 29 heavy (non-hydrogen) atoms. The maximum absolute atomic E-state index is 12.9. The molecule has 3 aromatic rings. The number of hydrogen-bond donors (Lipinski definition) is 0. The van der Waals surface area contributed by atoms with Gasteiger partial charge in [-0.1, -0.05) is 41.1 Å². The van der Waals surface area contributed by atoms with E-state index in [1.807, 2.05) is 31.2 Å². The Balaban J connectivity index is 1.80. The first-order valence-corrected chi connectivity index (χ1v) is 8.94. The number of nitro groups is 1. The molecule has 0 aliphatic rings. The molecule has 148 valence electrons. The zero-order chi connectivity index (χ0) is 21.0. The number of amides is 1. The van der Waals surface area contributed by atoms with Gasteiger partial charge in [-0.2, -0.15) is 4.98 Å². The fourth-order valence-corrected chi connectivity index (χ4v) is 2.85. The summed E-state index contributed by atoms with van der Waals surface area (Å²) in [7, 11) is 0. The van der Waals surface area contributed by atoms with Gasteiger partial charge in [0, 0.05) is 29.3 Å². The van der Waals surface area contributed by atoms with Crippen molar-refractivity contribution in [2.24, 2.45) is 0 Å². The molecule has 0 atom stereocenters. The van der Waals surface area contributed by atoms with Gasteiger partial charge in [0.25, 0.3) is 11.6 Å². The molecule has 0 bridgehead atoms. The molecular formula is C21H20N4O4. The van der Waals surface area contributed by atoms with Crippen molar-refractivity contribution in [1.82, 2.24) is 15.0 Å². The molecule has 8 heteroatoms. The molecule has 0 aliphatic heterocycles. The van der Waals surface area contributed by atoms with E-state index in [9.17, 15) is 14.9 Å². The number of nitrogens with zero attached hydrogens (tertiary/aromatic N) is 4. The van der Waals surface area contributed by atoms with Crippen LogP contribution in [0.3, 0.4) is 0 Å². The molecule has 3 rings (SSSR count). The third-order valence-corrected chi connectivity index (χ3v) is 4.38. The highest BCUT2D eigenvalue weighted by atomic mass is 16.6. The van der Waals surface area contributed by atoms with Gasteiger partial charge in [0.15, 0.2) is 0 Å². The number of hydrogen-bond acceptors (Lipinski definition) is 6. The molecule has 8 nitrogen and oxygen atoms in total. The maximum atomic E-state index is 12.9. The second kappa shape index (κ2) is 8.47. The van der Waals surface area contributed by atoms with Crippen molar-refractivity contribution >= 4 is 11.6 Å². The smallest absolute Gasteiger partial charge is 0.272 e. The predicted molar refractivity (Wildman–Crippen MR) is 107 cm³/mol. The molecule has 1 amide bonds. The van der Waals surface area contributed by atoms with Gasteiger partial charge in [-0.05, 0) is 26.0 Å². The van der Waals surface area contributed by atoms with Crippen molar-refractivity contribution in [3.8, 4) is 11.4 Å². The van der Waals surface area contributed by atoms with E-state index in [2.05, 4.69) is 16.7 Å². The van der Waals surface area contributed by atoms with E-state index in [0.29, 0.717) is 17.0 Å². The zero-order valence-electron chi connectivity index (χ0n) is 16.2. The SMILES string of the molecule is C=CCN(Cc1nc(-c2ccc(C)cc2)no1)C(=O)c1ccc([N+](=O)[O-])c(C)c1. The first-order valence-electron chi connectivity index (χ1n) is 8.94. The third kappa shape index (κ3) is 4.55. The minimum atomic E-state index is -0.476. The van der Waals surface area contributed by atoms with Crippen molar-refractivity contribution in [1.29, 1.82) is 0 Å². The van der Waals surface area contributed by atoms with Crippen LogP contribution < -0.4 is 0 Å². The van der Waals surface area contributed by atoms with E-state index in [-0.39, 0.29) is 30.6 Å². The Hall–Kier alpha value is -3.81. The highest BCUT2D eigenvalue weighted by Gasteiger charge is 2.21. The van der Waals surface area contributed by atoms with Crippen molar-refractivity contribution in [2.45, 2.75) is 20.4 Å². The van der Waals surface area contributed by atoms with Crippen LogP contribution in [-0.4, -0.2) is 32.4 Å². The van der Waals surface area contributed by atoms with Crippen molar-refractivity contribution < 1.29 is 14.2 Å². The fourth-order valence-electron chi connectivity index (χ4n) is 2.85. The summed E-state index contributed by atoms with van der Waals surface area (Å²) in [5, 5.41) is 15.0. The molecule has 0 N–H and O–H groups in total. The first-order chi connectivity index (χ1) is 13.9. The summed E-state index contributed by atoms with van der Waals surface area (Å²) < 4.78 is 5.31. The molecule has 0 unspecified atom stereocenters. The second-order valence-corrected chi connectivity index (χ2v) is 6.61. The minimum Gasteiger partial charge on any atom is -0.337 e. The topological polar surface area (TPSA) is 102 Å². The average Bonchev–Trinajstić information content (AvgIpc) is 3.16. The van der Waals surface area contributed by atoms with Crippen molar-refractivity contribution in [3.05, 3.63) is 87.8 Å². The molecule has 0 aliphatic carbocycles. The van der Waals surface area contributed by atoms with Crippen molar-refractivity contribution in [2.75, 3.05) is 6.54 Å². The Morgan fingerprint density at radius 1 is 1.24 bits per heavy atom. The Bertz CT molecular complexity index is 1060. The van der Waals surface area contributed by atoms with Gasteiger partial charge < -0.3 is 9.42 Å². The lowest BCUT2D eigenvalue weighted by Crippen LogP contribution is -2.31. The van der Waals surface area contributed by atoms with Gasteiger partial charge in [0.05, 0.1) is 4.92 Å². The van der Waals surface area contributed by atoms with Crippen LogP contribution in [0.2, 0.25) is 0 Å². The van der Waals surface area contributed by atoms with Crippen LogP contribution in [0.15, 0.2) is 59.6 Å². The molecule has 0 saturated heterocycles. The van der Waals surface area contributed by atoms with Crippen LogP contribution in [0.1, 0.15) is 27.4 Å². The van der Waals surface area contributed by atoms with Gasteiger partial charge in [0.1, 0.15) is 6.54 Å². The van der Waals surface area contributed by atoms with Crippen LogP contribution in [0.4, 0.5) is 5.69 Å². The zero-order valence-corrected chi connectivity index (χ0v) is 16.2. The molecule has 0 radical (unpaired) electrons. The quantitative estimate of drug-likeness (QED) is 0.341. The number of benzene rings is 2. The number of carbonyl (C=O) groups excluding carboxylic acids is 1. The van der Waals surface area contributed by atoms with Crippen LogP contribution in [0.5, 0.6) is 0 Å². The van der Waals surface area contributed by atoms with E-state index in [0.717, 1.165) is 11.1 Å². The first kappa shape index (κ1) is 19.9. The summed E-state index contributed by atoms with van der Waals surface area (Å²) in [5.74, 6) is 0.421. The van der Waals surface area contributed by atoms with Crippen LogP contribution in [-0.2, 0) is 6.54 Å². The standard InChI is InChI=1S/C21H20N4O4/c1-4-11-24(21(26)17-9-10-18(25(27)28)15(3)12-17)13-19-22-20(23-29-19)16-7-5-14(2)6-8-16/h4-10,12H,1,11,13H2,2-3H3.